The van der Waals surface area contributed by atoms with Gasteiger partial charge in [0.2, 0.25) is 0 Å². The number of amides is 2. The SMILES string of the molecule is C=CCN(C)CCCCO[C@H]1CC[C@H](N(C)C(=O)Nc2ccc(CCCC)cc2)CC1. The Hall–Kier alpha value is -1.85. The Morgan fingerprint density at radius 1 is 1.13 bits per heavy atom. The molecule has 1 fully saturated rings. The molecule has 0 bridgehead atoms. The fourth-order valence-electron chi connectivity index (χ4n) is 4.16. The minimum absolute atomic E-state index is 0.0191. The Balaban J connectivity index is 1.63. The van der Waals surface area contributed by atoms with Crippen LogP contribution in [0.3, 0.4) is 0 Å². The van der Waals surface area contributed by atoms with Gasteiger partial charge in [-0.15, -0.1) is 6.58 Å². The monoisotopic (exact) mass is 429 g/mol. The first-order valence-electron chi connectivity index (χ1n) is 12.1. The Morgan fingerprint density at radius 2 is 1.84 bits per heavy atom. The summed E-state index contributed by atoms with van der Waals surface area (Å²) in [4.78, 5) is 16.8. The summed E-state index contributed by atoms with van der Waals surface area (Å²) in [7, 11) is 4.04. The third-order valence-corrected chi connectivity index (χ3v) is 6.26. The fourth-order valence-corrected chi connectivity index (χ4v) is 4.16. The van der Waals surface area contributed by atoms with Gasteiger partial charge < -0.3 is 19.9 Å². The number of benzene rings is 1. The average Bonchev–Trinajstić information content (AvgIpc) is 2.78. The highest BCUT2D eigenvalue weighted by Crippen LogP contribution is 2.25. The van der Waals surface area contributed by atoms with E-state index in [2.05, 4.69) is 42.9 Å². The normalized spacial score (nSPS) is 18.7. The van der Waals surface area contributed by atoms with Crippen LogP contribution in [-0.4, -0.2) is 61.8 Å². The lowest BCUT2D eigenvalue weighted by molar-refractivity contribution is 0.0127. The molecule has 2 rings (SSSR count). The van der Waals surface area contributed by atoms with Gasteiger partial charge in [-0.3, -0.25) is 0 Å². The van der Waals surface area contributed by atoms with Crippen molar-refractivity contribution in [3.05, 3.63) is 42.5 Å². The first kappa shape index (κ1) is 25.4. The predicted molar refractivity (Wildman–Crippen MR) is 131 cm³/mol. The molecule has 0 radical (unpaired) electrons. The molecule has 0 atom stereocenters. The number of anilines is 1. The van der Waals surface area contributed by atoms with E-state index >= 15 is 0 Å². The van der Waals surface area contributed by atoms with Gasteiger partial charge in [-0.25, -0.2) is 4.79 Å². The lowest BCUT2D eigenvalue weighted by Gasteiger charge is -2.34. The molecule has 0 unspecified atom stereocenters. The van der Waals surface area contributed by atoms with Crippen LogP contribution in [0.1, 0.15) is 63.9 Å². The molecule has 1 aromatic rings. The van der Waals surface area contributed by atoms with E-state index < -0.39 is 0 Å². The smallest absolute Gasteiger partial charge is 0.321 e. The number of likely N-dealkylation sites (N-methyl/N-ethyl adjacent to an activating group) is 1. The summed E-state index contributed by atoms with van der Waals surface area (Å²) in [5, 5.41) is 3.05. The van der Waals surface area contributed by atoms with E-state index in [1.165, 1.54) is 18.4 Å². The molecule has 0 heterocycles. The maximum atomic E-state index is 12.7. The zero-order valence-electron chi connectivity index (χ0n) is 19.9. The van der Waals surface area contributed by atoms with Gasteiger partial charge in [0.15, 0.2) is 0 Å². The van der Waals surface area contributed by atoms with Crippen LogP contribution >= 0.6 is 0 Å². The van der Waals surface area contributed by atoms with Crippen LogP contribution in [0, 0.1) is 0 Å². The predicted octanol–water partition coefficient (Wildman–Crippen LogP) is 5.72. The summed E-state index contributed by atoms with van der Waals surface area (Å²) in [5.74, 6) is 0. The third kappa shape index (κ3) is 9.44. The molecule has 0 aromatic heterocycles. The zero-order valence-corrected chi connectivity index (χ0v) is 19.9. The van der Waals surface area contributed by atoms with Crippen LogP contribution in [0.15, 0.2) is 36.9 Å². The molecule has 0 saturated heterocycles. The van der Waals surface area contributed by atoms with Gasteiger partial charge in [-0.05, 0) is 82.7 Å². The second kappa shape index (κ2) is 14.3. The summed E-state index contributed by atoms with van der Waals surface area (Å²) in [6.07, 6.45) is 12.1. The Labute approximate surface area is 189 Å². The van der Waals surface area contributed by atoms with Gasteiger partial charge in [-0.2, -0.15) is 0 Å². The molecule has 1 aromatic carbocycles. The molecule has 0 spiro atoms. The van der Waals surface area contributed by atoms with Crippen LogP contribution in [0.4, 0.5) is 10.5 Å². The summed E-state index contributed by atoms with van der Waals surface area (Å²) >= 11 is 0. The summed E-state index contributed by atoms with van der Waals surface area (Å²) in [5.41, 5.74) is 2.20. The van der Waals surface area contributed by atoms with Crippen LogP contribution in [0.25, 0.3) is 0 Å². The van der Waals surface area contributed by atoms with Crippen molar-refractivity contribution in [1.82, 2.24) is 9.80 Å². The van der Waals surface area contributed by atoms with Crippen molar-refractivity contribution >= 4 is 11.7 Å². The topological polar surface area (TPSA) is 44.8 Å². The van der Waals surface area contributed by atoms with Gasteiger partial charge in [0.25, 0.3) is 0 Å². The van der Waals surface area contributed by atoms with Crippen LogP contribution in [0.5, 0.6) is 0 Å². The molecule has 2 amide bonds. The number of carbonyl (C=O) groups excluding carboxylic acids is 1. The van der Waals surface area contributed by atoms with E-state index in [0.29, 0.717) is 6.10 Å². The van der Waals surface area contributed by atoms with Gasteiger partial charge in [0.1, 0.15) is 0 Å². The fraction of sp³-hybridized carbons (Fsp3) is 0.654. The first-order chi connectivity index (χ1) is 15.0. The van der Waals surface area contributed by atoms with Crippen molar-refractivity contribution < 1.29 is 9.53 Å². The number of urea groups is 1. The number of rotatable bonds is 13. The lowest BCUT2D eigenvalue weighted by atomic mass is 9.92. The molecule has 1 saturated carbocycles. The average molecular weight is 430 g/mol. The highest BCUT2D eigenvalue weighted by atomic mass is 16.5. The molecule has 0 aliphatic heterocycles. The molecular formula is C26H43N3O2. The van der Waals surface area contributed by atoms with E-state index in [9.17, 15) is 4.79 Å². The van der Waals surface area contributed by atoms with Crippen molar-refractivity contribution in [3.8, 4) is 0 Å². The van der Waals surface area contributed by atoms with Gasteiger partial charge in [-0.1, -0.05) is 31.6 Å². The Kier molecular flexibility index (Phi) is 11.7. The maximum absolute atomic E-state index is 12.7. The first-order valence-corrected chi connectivity index (χ1v) is 12.1. The minimum atomic E-state index is -0.0191. The summed E-state index contributed by atoms with van der Waals surface area (Å²) in [6.45, 7) is 8.84. The van der Waals surface area contributed by atoms with E-state index in [0.717, 1.165) is 70.3 Å². The molecule has 1 N–H and O–H groups in total. The van der Waals surface area contributed by atoms with Gasteiger partial charge >= 0.3 is 6.03 Å². The van der Waals surface area contributed by atoms with Crippen molar-refractivity contribution in [3.63, 3.8) is 0 Å². The summed E-state index contributed by atoms with van der Waals surface area (Å²) < 4.78 is 6.09. The van der Waals surface area contributed by atoms with Crippen LogP contribution < -0.4 is 5.32 Å². The zero-order chi connectivity index (χ0) is 22.5. The van der Waals surface area contributed by atoms with Crippen molar-refractivity contribution in [2.75, 3.05) is 39.1 Å². The highest BCUT2D eigenvalue weighted by molar-refractivity contribution is 5.89. The number of nitrogens with zero attached hydrogens (tertiary/aromatic N) is 2. The number of carbonyl (C=O) groups is 1. The summed E-state index contributed by atoms with van der Waals surface area (Å²) in [6, 6.07) is 8.52. The molecular weight excluding hydrogens is 386 g/mol. The highest BCUT2D eigenvalue weighted by Gasteiger charge is 2.27. The number of hydrogen-bond donors (Lipinski definition) is 1. The Morgan fingerprint density at radius 3 is 2.48 bits per heavy atom. The van der Waals surface area contributed by atoms with Crippen molar-refractivity contribution in [2.45, 2.75) is 76.9 Å². The number of aryl methyl sites for hydroxylation is 1. The quantitative estimate of drug-likeness (QED) is 0.322. The minimum Gasteiger partial charge on any atom is -0.378 e. The number of ether oxygens (including phenoxy) is 1. The number of nitrogens with one attached hydrogen (secondary N) is 1. The molecule has 1 aliphatic carbocycles. The standard InChI is InChI=1S/C26H43N3O2/c1-5-7-10-22-11-13-23(14-12-22)27-26(30)29(4)24-15-17-25(18-16-24)31-21-9-8-20-28(3)19-6-2/h6,11-14,24-25H,2,5,7-10,15-21H2,1,3-4H3,(H,27,30)/t24-,25-. The van der Waals surface area contributed by atoms with Crippen molar-refractivity contribution in [1.29, 1.82) is 0 Å². The second-order valence-corrected chi connectivity index (χ2v) is 8.90. The van der Waals surface area contributed by atoms with Gasteiger partial charge in [0.05, 0.1) is 6.10 Å². The number of hydrogen-bond acceptors (Lipinski definition) is 3. The van der Waals surface area contributed by atoms with Gasteiger partial charge in [0, 0.05) is 31.9 Å². The largest absolute Gasteiger partial charge is 0.378 e. The number of unbranched alkanes of at least 4 members (excludes halogenated alkanes) is 2. The lowest BCUT2D eigenvalue weighted by Crippen LogP contribution is -2.42. The van der Waals surface area contributed by atoms with E-state index in [-0.39, 0.29) is 12.1 Å². The molecule has 1 aliphatic rings. The molecule has 5 nitrogen and oxygen atoms in total. The molecule has 5 heteroatoms. The second-order valence-electron chi connectivity index (χ2n) is 8.90. The molecule has 174 valence electrons. The van der Waals surface area contributed by atoms with E-state index in [1.54, 1.807) is 0 Å². The Bertz CT molecular complexity index is 639. The van der Waals surface area contributed by atoms with E-state index in [4.69, 9.17) is 4.74 Å². The van der Waals surface area contributed by atoms with E-state index in [1.807, 2.05) is 30.2 Å². The van der Waals surface area contributed by atoms with Crippen LogP contribution in [-0.2, 0) is 11.2 Å². The third-order valence-electron chi connectivity index (χ3n) is 6.26. The maximum Gasteiger partial charge on any atom is 0.321 e. The van der Waals surface area contributed by atoms with Crippen molar-refractivity contribution in [2.24, 2.45) is 0 Å². The molecule has 31 heavy (non-hydrogen) atoms. The van der Waals surface area contributed by atoms with Crippen LogP contribution in [0.2, 0.25) is 0 Å².